The number of carbonyl (C=O) groups excluding carboxylic acids is 2. The minimum atomic E-state index is -0.367. The third-order valence-electron chi connectivity index (χ3n) is 6.61. The number of fused-ring (bicyclic) bond motifs is 1. The molecular formula is C30H28FN3O3S. The Morgan fingerprint density at radius 1 is 1.11 bits per heavy atom. The molecule has 0 radical (unpaired) electrons. The van der Waals surface area contributed by atoms with E-state index >= 15 is 0 Å². The molecule has 8 heteroatoms. The number of aryl methyl sites for hydroxylation is 1. The standard InChI is InChI=1S/C30H28FN3O3S/c1-3-28(35)34-15-14-20-8-13-24(16-25(20)29(34)21-6-4-19(2)5-7-21)37-17-27-33-26(18-38-27)30(36)32-23-11-9-22(31)10-12-23/h4-13,16,18,29H,3,14-15,17H2,1-2H3,(H,32,36). The van der Waals surface area contributed by atoms with Crippen LogP contribution >= 0.6 is 11.3 Å². The summed E-state index contributed by atoms with van der Waals surface area (Å²) >= 11 is 1.34. The molecule has 0 spiro atoms. The molecule has 0 saturated carbocycles. The van der Waals surface area contributed by atoms with Gasteiger partial charge in [0.25, 0.3) is 5.91 Å². The zero-order chi connectivity index (χ0) is 26.6. The van der Waals surface area contributed by atoms with Crippen LogP contribution in [-0.4, -0.2) is 28.2 Å². The summed E-state index contributed by atoms with van der Waals surface area (Å²) in [6.07, 6.45) is 1.25. The van der Waals surface area contributed by atoms with Gasteiger partial charge in [0, 0.05) is 24.0 Å². The second kappa shape index (κ2) is 11.1. The number of ether oxygens (including phenoxy) is 1. The SMILES string of the molecule is CCC(=O)N1CCc2ccc(OCc3nc(C(=O)Nc4ccc(F)cc4)cs3)cc2C1c1ccc(C)cc1. The fourth-order valence-electron chi connectivity index (χ4n) is 4.62. The van der Waals surface area contributed by atoms with E-state index in [1.54, 1.807) is 5.38 Å². The predicted molar refractivity (Wildman–Crippen MR) is 146 cm³/mol. The van der Waals surface area contributed by atoms with Crippen LogP contribution in [0.5, 0.6) is 5.75 Å². The zero-order valence-electron chi connectivity index (χ0n) is 21.2. The summed E-state index contributed by atoms with van der Waals surface area (Å²) in [4.78, 5) is 31.7. The van der Waals surface area contributed by atoms with Gasteiger partial charge in [0.05, 0.1) is 6.04 Å². The molecule has 6 nitrogen and oxygen atoms in total. The number of hydrogen-bond donors (Lipinski definition) is 1. The van der Waals surface area contributed by atoms with Crippen molar-refractivity contribution in [1.82, 2.24) is 9.88 Å². The largest absolute Gasteiger partial charge is 0.486 e. The lowest BCUT2D eigenvalue weighted by molar-refractivity contribution is -0.132. The summed E-state index contributed by atoms with van der Waals surface area (Å²) < 4.78 is 19.2. The van der Waals surface area contributed by atoms with E-state index < -0.39 is 0 Å². The van der Waals surface area contributed by atoms with Gasteiger partial charge in [-0.25, -0.2) is 9.37 Å². The van der Waals surface area contributed by atoms with E-state index in [0.717, 1.165) is 17.5 Å². The summed E-state index contributed by atoms with van der Waals surface area (Å²) in [7, 11) is 0. The number of benzene rings is 3. The molecule has 1 atom stereocenters. The molecule has 0 fully saturated rings. The number of amides is 2. The van der Waals surface area contributed by atoms with Gasteiger partial charge in [-0.15, -0.1) is 11.3 Å². The van der Waals surface area contributed by atoms with Crippen molar-refractivity contribution in [3.8, 4) is 5.75 Å². The molecule has 0 saturated heterocycles. The maximum absolute atomic E-state index is 13.1. The number of hydrogen-bond acceptors (Lipinski definition) is 5. The van der Waals surface area contributed by atoms with E-state index in [2.05, 4.69) is 47.6 Å². The van der Waals surface area contributed by atoms with Crippen molar-refractivity contribution >= 4 is 28.8 Å². The molecule has 2 amide bonds. The molecule has 38 heavy (non-hydrogen) atoms. The zero-order valence-corrected chi connectivity index (χ0v) is 22.1. The lowest BCUT2D eigenvalue weighted by Gasteiger charge is -2.38. The number of nitrogens with zero attached hydrogens (tertiary/aromatic N) is 2. The fraction of sp³-hybridized carbons (Fsp3) is 0.233. The highest BCUT2D eigenvalue weighted by Crippen LogP contribution is 2.37. The minimum Gasteiger partial charge on any atom is -0.486 e. The first-order valence-electron chi connectivity index (χ1n) is 12.5. The summed E-state index contributed by atoms with van der Waals surface area (Å²) in [5.41, 5.74) is 5.29. The number of halogens is 1. The Labute approximate surface area is 225 Å². The van der Waals surface area contributed by atoms with Crippen LogP contribution in [0.2, 0.25) is 0 Å². The molecular weight excluding hydrogens is 501 g/mol. The summed E-state index contributed by atoms with van der Waals surface area (Å²) in [5.74, 6) is 0.0728. The van der Waals surface area contributed by atoms with Gasteiger partial charge in [-0.2, -0.15) is 0 Å². The third kappa shape index (κ3) is 5.60. The lowest BCUT2D eigenvalue weighted by atomic mass is 9.87. The summed E-state index contributed by atoms with van der Waals surface area (Å²) in [6.45, 7) is 4.84. The quantitative estimate of drug-likeness (QED) is 0.305. The van der Waals surface area contributed by atoms with Crippen molar-refractivity contribution in [2.45, 2.75) is 39.3 Å². The van der Waals surface area contributed by atoms with Gasteiger partial charge in [-0.05, 0) is 66.4 Å². The molecule has 194 valence electrons. The number of rotatable bonds is 7. The second-order valence-corrected chi connectivity index (χ2v) is 10.2. The Bertz CT molecular complexity index is 1450. The number of aromatic nitrogens is 1. The Balaban J connectivity index is 1.32. The van der Waals surface area contributed by atoms with Crippen molar-refractivity contribution in [2.75, 3.05) is 11.9 Å². The molecule has 1 N–H and O–H groups in total. The number of carbonyl (C=O) groups is 2. The van der Waals surface area contributed by atoms with Gasteiger partial charge in [0.1, 0.15) is 28.9 Å². The van der Waals surface area contributed by atoms with Crippen LogP contribution in [0.4, 0.5) is 10.1 Å². The van der Waals surface area contributed by atoms with Gasteiger partial charge in [0.15, 0.2) is 0 Å². The fourth-order valence-corrected chi connectivity index (χ4v) is 5.30. The molecule has 4 aromatic rings. The van der Waals surface area contributed by atoms with E-state index in [0.29, 0.717) is 29.4 Å². The van der Waals surface area contributed by atoms with E-state index in [9.17, 15) is 14.0 Å². The van der Waals surface area contributed by atoms with E-state index in [-0.39, 0.29) is 36.0 Å². The number of thiazole rings is 1. The molecule has 2 heterocycles. The van der Waals surface area contributed by atoms with Crippen molar-refractivity contribution in [3.05, 3.63) is 111 Å². The second-order valence-electron chi connectivity index (χ2n) is 9.24. The van der Waals surface area contributed by atoms with Gasteiger partial charge >= 0.3 is 0 Å². The first kappa shape index (κ1) is 25.6. The van der Waals surface area contributed by atoms with Crippen molar-refractivity contribution in [2.24, 2.45) is 0 Å². The van der Waals surface area contributed by atoms with Crippen LogP contribution in [0.15, 0.2) is 72.1 Å². The Morgan fingerprint density at radius 3 is 2.61 bits per heavy atom. The van der Waals surface area contributed by atoms with Crippen LogP contribution in [0.25, 0.3) is 0 Å². The monoisotopic (exact) mass is 529 g/mol. The molecule has 1 aliphatic rings. The van der Waals surface area contributed by atoms with Crippen molar-refractivity contribution in [1.29, 1.82) is 0 Å². The molecule has 1 aromatic heterocycles. The van der Waals surface area contributed by atoms with Gasteiger partial charge in [-0.1, -0.05) is 42.8 Å². The van der Waals surface area contributed by atoms with Crippen LogP contribution in [-0.2, 0) is 17.8 Å². The minimum absolute atomic E-state index is 0.127. The van der Waals surface area contributed by atoms with Crippen molar-refractivity contribution < 1.29 is 18.7 Å². The Morgan fingerprint density at radius 2 is 1.87 bits per heavy atom. The molecule has 0 bridgehead atoms. The van der Waals surface area contributed by atoms with E-state index in [4.69, 9.17) is 4.74 Å². The highest BCUT2D eigenvalue weighted by Gasteiger charge is 2.31. The highest BCUT2D eigenvalue weighted by atomic mass is 32.1. The first-order chi connectivity index (χ1) is 18.4. The van der Waals surface area contributed by atoms with Gasteiger partial charge in [0.2, 0.25) is 5.91 Å². The maximum atomic E-state index is 13.1. The molecule has 1 aliphatic heterocycles. The van der Waals surface area contributed by atoms with Crippen LogP contribution in [0.1, 0.15) is 57.1 Å². The van der Waals surface area contributed by atoms with Crippen LogP contribution in [0.3, 0.4) is 0 Å². The molecule has 3 aromatic carbocycles. The topological polar surface area (TPSA) is 71.5 Å². The highest BCUT2D eigenvalue weighted by molar-refractivity contribution is 7.09. The lowest BCUT2D eigenvalue weighted by Crippen LogP contribution is -2.40. The smallest absolute Gasteiger partial charge is 0.275 e. The summed E-state index contributed by atoms with van der Waals surface area (Å²) in [5, 5.41) is 5.04. The van der Waals surface area contributed by atoms with Gasteiger partial charge in [-0.3, -0.25) is 9.59 Å². The number of nitrogens with one attached hydrogen (secondary N) is 1. The molecule has 0 aliphatic carbocycles. The van der Waals surface area contributed by atoms with Crippen LogP contribution in [0, 0.1) is 12.7 Å². The molecule has 1 unspecified atom stereocenters. The van der Waals surface area contributed by atoms with Gasteiger partial charge < -0.3 is 15.0 Å². The first-order valence-corrected chi connectivity index (χ1v) is 13.4. The normalized spacial score (nSPS) is 14.6. The number of anilines is 1. The average molecular weight is 530 g/mol. The Kier molecular flexibility index (Phi) is 7.51. The predicted octanol–water partition coefficient (Wildman–Crippen LogP) is 6.31. The maximum Gasteiger partial charge on any atom is 0.275 e. The van der Waals surface area contributed by atoms with Crippen molar-refractivity contribution in [3.63, 3.8) is 0 Å². The van der Waals surface area contributed by atoms with Crippen LogP contribution < -0.4 is 10.1 Å². The van der Waals surface area contributed by atoms with E-state index in [1.165, 1.54) is 46.7 Å². The third-order valence-corrected chi connectivity index (χ3v) is 7.43. The van der Waals surface area contributed by atoms with E-state index in [1.807, 2.05) is 24.0 Å². The summed E-state index contributed by atoms with van der Waals surface area (Å²) in [6, 6.07) is 19.8. The Hall–Kier alpha value is -4.04. The average Bonchev–Trinajstić information content (AvgIpc) is 3.42. The molecule has 5 rings (SSSR count).